The number of nitrogens with zero attached hydrogens (tertiary/aromatic N) is 4. The van der Waals surface area contributed by atoms with E-state index in [-0.39, 0.29) is 87.9 Å². The number of carbonyl (C=O) groups excluding carboxylic acids is 16. The van der Waals surface area contributed by atoms with Gasteiger partial charge in [0.25, 0.3) is 0 Å². The number of rotatable bonds is 38. The van der Waals surface area contributed by atoms with E-state index in [9.17, 15) is 76.7 Å². The first-order valence-corrected chi connectivity index (χ1v) is 42.2. The SMILES string of the molecule is CC[C@](C)(NC(=O)[C@H](CC(C)C)NC(=O)[C@H](C)NC(=O)C(C)(C)NC(=O)[C@@H]1CCCCN1C(=O)C(C)(C)NC(=O)C(C)(C)NC(=O)CNC(=O)CCNC(=O)[C@H](CC(C)C)NC(=O)C(C)(C)NC(=O)C(C)(C)NC(=O)[C@@H]1CCCCN1C(=O)C(C)(C)NC(=O)[C@@H]1CCCCN1C(C)=O)C(=O)N[C@@H](CC(C)C)CN1CCC[NH+]2CCCC12. The number of amides is 16. The monoisotopic (exact) mass is 1640 g/mol. The van der Waals surface area contributed by atoms with Gasteiger partial charge in [0, 0.05) is 77.9 Å². The lowest BCUT2D eigenvalue weighted by Crippen LogP contribution is -3.16. The van der Waals surface area contributed by atoms with Crippen molar-refractivity contribution in [3.8, 4) is 0 Å². The molecule has 0 aromatic rings. The molecule has 656 valence electrons. The Kier molecular flexibility index (Phi) is 35.2. The van der Waals surface area contributed by atoms with Crippen molar-refractivity contribution >= 4 is 94.5 Å². The molecule has 5 aliphatic rings. The van der Waals surface area contributed by atoms with Gasteiger partial charge in [0.15, 0.2) is 0 Å². The van der Waals surface area contributed by atoms with Crippen LogP contribution >= 0.6 is 0 Å². The fourth-order valence-corrected chi connectivity index (χ4v) is 15.7. The number of nitrogens with one attached hydrogen (secondary N) is 14. The van der Waals surface area contributed by atoms with Crippen LogP contribution in [0.5, 0.6) is 0 Å². The normalized spacial score (nSPS) is 20.7. The summed E-state index contributed by atoms with van der Waals surface area (Å²) in [6.45, 7) is 39.3. The van der Waals surface area contributed by atoms with E-state index in [1.54, 1.807) is 25.7 Å². The molecule has 2 unspecified atom stereocenters. The Morgan fingerprint density at radius 1 is 0.397 bits per heavy atom. The third kappa shape index (κ3) is 27.8. The van der Waals surface area contributed by atoms with Gasteiger partial charge in [-0.05, 0) is 198 Å². The second kappa shape index (κ2) is 41.7. The quantitative estimate of drug-likeness (QED) is 0.0394. The van der Waals surface area contributed by atoms with Gasteiger partial charge in [0.2, 0.25) is 94.5 Å². The summed E-state index contributed by atoms with van der Waals surface area (Å²) in [4.78, 5) is 230. The molecule has 0 bridgehead atoms. The van der Waals surface area contributed by atoms with Gasteiger partial charge >= 0.3 is 0 Å². The Morgan fingerprint density at radius 3 is 1.33 bits per heavy atom. The van der Waals surface area contributed by atoms with Gasteiger partial charge < -0.3 is 88.7 Å². The predicted octanol–water partition coefficient (Wildman–Crippen LogP) is 0.234. The molecule has 34 heteroatoms. The zero-order valence-corrected chi connectivity index (χ0v) is 73.6. The molecule has 5 heterocycles. The van der Waals surface area contributed by atoms with Crippen LogP contribution in [0.25, 0.3) is 0 Å². The summed E-state index contributed by atoms with van der Waals surface area (Å²) in [5.74, 6) is -9.71. The number of hydrogen-bond acceptors (Lipinski definition) is 17. The highest BCUT2D eigenvalue weighted by atomic mass is 16.2. The van der Waals surface area contributed by atoms with Crippen LogP contribution in [0.2, 0.25) is 0 Å². The Bertz CT molecular complexity index is 3560. The molecule has 0 aliphatic carbocycles. The first-order chi connectivity index (χ1) is 53.7. The third-order valence-electron chi connectivity index (χ3n) is 22.8. The van der Waals surface area contributed by atoms with Crippen LogP contribution < -0.4 is 74.0 Å². The minimum absolute atomic E-state index is 0.0648. The molecule has 0 saturated carbocycles. The molecule has 0 aromatic heterocycles. The van der Waals surface area contributed by atoms with E-state index in [0.717, 1.165) is 51.7 Å². The summed E-state index contributed by atoms with van der Waals surface area (Å²) in [5, 5.41) is 35.8. The Hall–Kier alpha value is -8.56. The molecule has 0 aromatic carbocycles. The highest BCUT2D eigenvalue weighted by Gasteiger charge is 2.49. The largest absolute Gasteiger partial charge is 0.354 e. The van der Waals surface area contributed by atoms with E-state index < -0.39 is 164 Å². The van der Waals surface area contributed by atoms with Gasteiger partial charge in [-0.15, -0.1) is 0 Å². The maximum Gasteiger partial charge on any atom is 0.248 e. The average Bonchev–Trinajstić information content (AvgIpc) is 0.910. The van der Waals surface area contributed by atoms with Crippen molar-refractivity contribution in [1.29, 1.82) is 0 Å². The average molecular weight is 1640 g/mol. The van der Waals surface area contributed by atoms with E-state index in [0.29, 0.717) is 57.3 Å². The van der Waals surface area contributed by atoms with Gasteiger partial charge in [-0.3, -0.25) is 81.6 Å². The molecule has 0 spiro atoms. The second-order valence-corrected chi connectivity index (χ2v) is 37.4. The van der Waals surface area contributed by atoms with E-state index in [1.165, 1.54) is 104 Å². The van der Waals surface area contributed by atoms with Crippen molar-refractivity contribution in [3.63, 3.8) is 0 Å². The standard InChI is InChI=1S/C82H142N18O16/c1-23-82(22,73(114)86-54(44-49(2)3)48-97-40-31-39-96-38-30-35-62(96)97)93-65(106)56(46-51(6)7)87-63(104)52(8)85-69(110)76(10,11)90-67(108)58-33-26-29-43-100(58)75(116)81(20,21)95-71(112)78(14,15)89-61(103)47-84-60(102)36-37-83-64(105)55(45-50(4)5)88-70(111)77(12,13)94-72(113)79(16,17)91-68(109)59-34-25-28-42-99(59)74(115)80(18,19)92-66(107)57-32-24-27-41-98(57)53(9)101/h49-52,54-59,62H,23-48H2,1-22H3,(H,83,105)(H,84,102)(H,85,110)(H,86,114)(H,87,104)(H,88,111)(H,89,103)(H,90,108)(H,91,109)(H,92,107)(H,93,106)(H,94,113)(H,95,112)/p+1/t52-,54-,55-,56-,57-,58-,59-,62?,82-/m0/s1. The molecule has 10 atom stereocenters. The smallest absolute Gasteiger partial charge is 0.248 e. The van der Waals surface area contributed by atoms with Crippen LogP contribution in [0.15, 0.2) is 0 Å². The van der Waals surface area contributed by atoms with Crippen molar-refractivity contribution in [2.75, 3.05) is 58.9 Å². The van der Waals surface area contributed by atoms with Gasteiger partial charge in [-0.2, -0.15) is 0 Å². The molecular weight excluding hydrogens is 1490 g/mol. The Labute approximate surface area is 687 Å². The lowest BCUT2D eigenvalue weighted by molar-refractivity contribution is -0.930. The maximum absolute atomic E-state index is 14.5. The van der Waals surface area contributed by atoms with Gasteiger partial charge in [-0.25, -0.2) is 0 Å². The van der Waals surface area contributed by atoms with Crippen LogP contribution in [0.3, 0.4) is 0 Å². The maximum atomic E-state index is 14.5. The number of likely N-dealkylation sites (tertiary alicyclic amines) is 3. The highest BCUT2D eigenvalue weighted by Crippen LogP contribution is 2.27. The minimum atomic E-state index is -1.67. The van der Waals surface area contributed by atoms with Crippen molar-refractivity contribution < 1.29 is 81.6 Å². The van der Waals surface area contributed by atoms with Gasteiger partial charge in [-0.1, -0.05) is 48.5 Å². The fourth-order valence-electron chi connectivity index (χ4n) is 15.7. The van der Waals surface area contributed by atoms with Crippen LogP contribution in [-0.2, 0) is 76.7 Å². The molecule has 5 fully saturated rings. The van der Waals surface area contributed by atoms with Crippen molar-refractivity contribution in [1.82, 2.24) is 88.7 Å². The summed E-state index contributed by atoms with van der Waals surface area (Å²) in [6.07, 6.45) is 9.64. The zero-order valence-electron chi connectivity index (χ0n) is 73.6. The number of hydrogen-bond donors (Lipinski definition) is 14. The van der Waals surface area contributed by atoms with Crippen LogP contribution in [0.1, 0.15) is 261 Å². The lowest BCUT2D eigenvalue weighted by Gasteiger charge is -2.42. The van der Waals surface area contributed by atoms with E-state index in [4.69, 9.17) is 0 Å². The topological polar surface area (TPSA) is 447 Å². The van der Waals surface area contributed by atoms with E-state index in [2.05, 4.69) is 87.9 Å². The van der Waals surface area contributed by atoms with Crippen LogP contribution in [0.4, 0.5) is 0 Å². The first kappa shape index (κ1) is 98.0. The molecule has 5 aliphatic heterocycles. The summed E-state index contributed by atoms with van der Waals surface area (Å²) >= 11 is 0. The minimum Gasteiger partial charge on any atom is -0.354 e. The molecule has 0 radical (unpaired) electrons. The van der Waals surface area contributed by atoms with E-state index >= 15 is 0 Å². The fraction of sp³-hybridized carbons (Fsp3) is 0.805. The summed E-state index contributed by atoms with van der Waals surface area (Å²) < 4.78 is 0. The molecule has 14 N–H and O–H groups in total. The number of carbonyl (C=O) groups is 16. The van der Waals surface area contributed by atoms with Gasteiger partial charge in [0.05, 0.1) is 19.6 Å². The first-order valence-electron chi connectivity index (χ1n) is 42.2. The van der Waals surface area contributed by atoms with Gasteiger partial charge in [0.1, 0.15) is 81.2 Å². The van der Waals surface area contributed by atoms with E-state index in [1.807, 2.05) is 34.6 Å². The molecule has 5 rings (SSSR count). The van der Waals surface area contributed by atoms with Crippen molar-refractivity contribution in [2.24, 2.45) is 17.8 Å². The van der Waals surface area contributed by atoms with Crippen LogP contribution in [-0.4, -0.2) is 260 Å². The van der Waals surface area contributed by atoms with Crippen LogP contribution in [0, 0.1) is 17.8 Å². The number of piperidine rings is 3. The molecular formula is C82H143N18O16+. The third-order valence-corrected chi connectivity index (χ3v) is 22.8. The molecule has 16 amide bonds. The lowest BCUT2D eigenvalue weighted by atomic mass is 9.93. The number of quaternary nitrogens is 1. The Balaban J connectivity index is 1.08. The Morgan fingerprint density at radius 2 is 0.828 bits per heavy atom. The highest BCUT2D eigenvalue weighted by molar-refractivity contribution is 6.03. The number of fused-ring (bicyclic) bond motifs is 1. The summed E-state index contributed by atoms with van der Waals surface area (Å²) in [5.41, 5.74) is -11.1. The summed E-state index contributed by atoms with van der Waals surface area (Å²) in [7, 11) is 0. The predicted molar refractivity (Wildman–Crippen MR) is 436 cm³/mol. The molecule has 116 heavy (non-hydrogen) atoms. The zero-order chi connectivity index (χ0) is 87.6. The molecule has 5 saturated heterocycles. The van der Waals surface area contributed by atoms with Crippen molar-refractivity contribution in [3.05, 3.63) is 0 Å². The van der Waals surface area contributed by atoms with Crippen molar-refractivity contribution in [2.45, 2.75) is 349 Å². The summed E-state index contributed by atoms with van der Waals surface area (Å²) in [6, 6.07) is -6.38. The molecule has 34 nitrogen and oxygen atoms in total. The second-order valence-electron chi connectivity index (χ2n) is 37.4.